The molecule has 0 saturated carbocycles. The molecule has 2 aromatic rings. The highest BCUT2D eigenvalue weighted by atomic mass is 16.5. The minimum atomic E-state index is 0.665. The first-order chi connectivity index (χ1) is 8.20. The van der Waals surface area contributed by atoms with Crippen molar-refractivity contribution in [1.29, 1.82) is 0 Å². The van der Waals surface area contributed by atoms with Crippen LogP contribution in [0.4, 0.5) is 5.69 Å². The van der Waals surface area contributed by atoms with Crippen molar-refractivity contribution in [1.82, 2.24) is 0 Å². The molecule has 0 fully saturated rings. The number of ether oxygens (including phenoxy) is 1. The summed E-state index contributed by atoms with van der Waals surface area (Å²) in [5.41, 5.74) is 3.34. The summed E-state index contributed by atoms with van der Waals surface area (Å²) < 4.78 is 10.7. The van der Waals surface area contributed by atoms with Gasteiger partial charge in [0.05, 0.1) is 25.6 Å². The molecule has 0 atom stereocenters. The summed E-state index contributed by atoms with van der Waals surface area (Å²) >= 11 is 0. The van der Waals surface area contributed by atoms with Crippen molar-refractivity contribution in [3.63, 3.8) is 0 Å². The fourth-order valence-electron chi connectivity index (χ4n) is 1.72. The molecule has 0 bridgehead atoms. The van der Waals surface area contributed by atoms with E-state index in [2.05, 4.69) is 18.3 Å². The SMILES string of the molecule is COc1ccc(C)cc1NCc1occc1C. The molecular formula is C14H17NO2. The van der Waals surface area contributed by atoms with E-state index in [-0.39, 0.29) is 0 Å². The van der Waals surface area contributed by atoms with E-state index in [0.29, 0.717) is 6.54 Å². The second-order valence-electron chi connectivity index (χ2n) is 4.08. The molecule has 3 nitrogen and oxygen atoms in total. The zero-order valence-electron chi connectivity index (χ0n) is 10.4. The summed E-state index contributed by atoms with van der Waals surface area (Å²) in [6.45, 7) is 4.76. The number of rotatable bonds is 4. The molecule has 3 heteroatoms. The van der Waals surface area contributed by atoms with Gasteiger partial charge in [-0.2, -0.15) is 0 Å². The Morgan fingerprint density at radius 1 is 1.24 bits per heavy atom. The lowest BCUT2D eigenvalue weighted by molar-refractivity contribution is 0.416. The van der Waals surface area contributed by atoms with Gasteiger partial charge in [0.2, 0.25) is 0 Å². The molecule has 1 aromatic carbocycles. The maximum Gasteiger partial charge on any atom is 0.141 e. The van der Waals surface area contributed by atoms with Crippen LogP contribution in [0.15, 0.2) is 34.9 Å². The smallest absolute Gasteiger partial charge is 0.141 e. The van der Waals surface area contributed by atoms with Crippen LogP contribution in [0.1, 0.15) is 16.9 Å². The average molecular weight is 231 g/mol. The lowest BCUT2D eigenvalue weighted by Gasteiger charge is -2.11. The molecule has 0 aliphatic carbocycles. The van der Waals surface area contributed by atoms with Crippen molar-refractivity contribution >= 4 is 5.69 Å². The number of anilines is 1. The summed E-state index contributed by atoms with van der Waals surface area (Å²) in [5, 5.41) is 3.33. The Kier molecular flexibility index (Phi) is 3.38. The van der Waals surface area contributed by atoms with Gasteiger partial charge in [0, 0.05) is 0 Å². The first kappa shape index (κ1) is 11.6. The van der Waals surface area contributed by atoms with Crippen molar-refractivity contribution < 1.29 is 9.15 Å². The van der Waals surface area contributed by atoms with Crippen LogP contribution < -0.4 is 10.1 Å². The topological polar surface area (TPSA) is 34.4 Å². The van der Waals surface area contributed by atoms with Crippen LogP contribution in [0, 0.1) is 13.8 Å². The van der Waals surface area contributed by atoms with Crippen LogP contribution in [0.3, 0.4) is 0 Å². The van der Waals surface area contributed by atoms with Gasteiger partial charge in [0.25, 0.3) is 0 Å². The maximum absolute atomic E-state index is 5.39. The highest BCUT2D eigenvalue weighted by Gasteiger charge is 2.05. The first-order valence-electron chi connectivity index (χ1n) is 5.62. The second-order valence-corrected chi connectivity index (χ2v) is 4.08. The molecule has 0 radical (unpaired) electrons. The predicted octanol–water partition coefficient (Wildman–Crippen LogP) is 3.52. The molecule has 1 aromatic heterocycles. The Hall–Kier alpha value is -1.90. The average Bonchev–Trinajstić information content (AvgIpc) is 2.72. The number of benzene rings is 1. The summed E-state index contributed by atoms with van der Waals surface area (Å²) in [5.74, 6) is 1.80. The third kappa shape index (κ3) is 2.61. The molecule has 2 rings (SSSR count). The zero-order chi connectivity index (χ0) is 12.3. The monoisotopic (exact) mass is 231 g/mol. The van der Waals surface area contributed by atoms with Gasteiger partial charge in [-0.05, 0) is 43.2 Å². The molecule has 0 spiro atoms. The van der Waals surface area contributed by atoms with Crippen LogP contribution in [-0.4, -0.2) is 7.11 Å². The quantitative estimate of drug-likeness (QED) is 0.874. The number of furan rings is 1. The summed E-state index contributed by atoms with van der Waals surface area (Å²) in [6, 6.07) is 8.02. The van der Waals surface area contributed by atoms with E-state index in [1.807, 2.05) is 25.1 Å². The molecule has 0 unspecified atom stereocenters. The fourth-order valence-corrected chi connectivity index (χ4v) is 1.72. The van der Waals surface area contributed by atoms with Gasteiger partial charge in [-0.3, -0.25) is 0 Å². The molecule has 0 aliphatic heterocycles. The Balaban J connectivity index is 2.13. The largest absolute Gasteiger partial charge is 0.495 e. The number of hydrogen-bond acceptors (Lipinski definition) is 3. The van der Waals surface area contributed by atoms with Gasteiger partial charge >= 0.3 is 0 Å². The highest BCUT2D eigenvalue weighted by Crippen LogP contribution is 2.26. The minimum absolute atomic E-state index is 0.665. The number of methoxy groups -OCH3 is 1. The van der Waals surface area contributed by atoms with Crippen LogP contribution >= 0.6 is 0 Å². The van der Waals surface area contributed by atoms with Gasteiger partial charge in [-0.15, -0.1) is 0 Å². The third-order valence-corrected chi connectivity index (χ3v) is 2.76. The Morgan fingerprint density at radius 2 is 2.06 bits per heavy atom. The summed E-state index contributed by atoms with van der Waals surface area (Å²) in [7, 11) is 1.67. The van der Waals surface area contributed by atoms with Crippen molar-refractivity contribution in [2.45, 2.75) is 20.4 Å². The van der Waals surface area contributed by atoms with Crippen LogP contribution in [0.5, 0.6) is 5.75 Å². The lowest BCUT2D eigenvalue weighted by Crippen LogP contribution is -2.01. The van der Waals surface area contributed by atoms with E-state index in [0.717, 1.165) is 22.8 Å². The van der Waals surface area contributed by atoms with E-state index >= 15 is 0 Å². The standard InChI is InChI=1S/C14H17NO2/c1-10-4-5-13(16-3)12(8-10)15-9-14-11(2)6-7-17-14/h4-8,15H,9H2,1-3H3. The van der Waals surface area contributed by atoms with Crippen molar-refractivity contribution in [3.05, 3.63) is 47.4 Å². The predicted molar refractivity (Wildman–Crippen MR) is 68.5 cm³/mol. The van der Waals surface area contributed by atoms with Gasteiger partial charge < -0.3 is 14.5 Å². The van der Waals surface area contributed by atoms with E-state index in [4.69, 9.17) is 9.15 Å². The second kappa shape index (κ2) is 4.95. The van der Waals surface area contributed by atoms with E-state index in [1.54, 1.807) is 13.4 Å². The molecule has 0 saturated heterocycles. The van der Waals surface area contributed by atoms with Crippen molar-refractivity contribution in [3.8, 4) is 5.75 Å². The van der Waals surface area contributed by atoms with E-state index < -0.39 is 0 Å². The van der Waals surface area contributed by atoms with Crippen molar-refractivity contribution in [2.24, 2.45) is 0 Å². The van der Waals surface area contributed by atoms with E-state index in [9.17, 15) is 0 Å². The third-order valence-electron chi connectivity index (χ3n) is 2.76. The summed E-state index contributed by atoms with van der Waals surface area (Å²) in [4.78, 5) is 0. The number of hydrogen-bond donors (Lipinski definition) is 1. The maximum atomic E-state index is 5.39. The molecule has 1 heterocycles. The number of aryl methyl sites for hydroxylation is 2. The Bertz CT molecular complexity index is 503. The van der Waals surface area contributed by atoms with Crippen LogP contribution in [-0.2, 0) is 6.54 Å². The Morgan fingerprint density at radius 3 is 2.71 bits per heavy atom. The normalized spacial score (nSPS) is 10.3. The molecule has 90 valence electrons. The molecule has 1 N–H and O–H groups in total. The molecule has 0 aliphatic rings. The Labute approximate surface area is 101 Å². The fraction of sp³-hybridized carbons (Fsp3) is 0.286. The zero-order valence-corrected chi connectivity index (χ0v) is 10.4. The van der Waals surface area contributed by atoms with Gasteiger partial charge in [-0.25, -0.2) is 0 Å². The van der Waals surface area contributed by atoms with Gasteiger partial charge in [-0.1, -0.05) is 6.07 Å². The summed E-state index contributed by atoms with van der Waals surface area (Å²) in [6.07, 6.45) is 1.71. The van der Waals surface area contributed by atoms with Crippen LogP contribution in [0.2, 0.25) is 0 Å². The van der Waals surface area contributed by atoms with Gasteiger partial charge in [0.1, 0.15) is 11.5 Å². The highest BCUT2D eigenvalue weighted by molar-refractivity contribution is 5.58. The van der Waals surface area contributed by atoms with Crippen molar-refractivity contribution in [2.75, 3.05) is 12.4 Å². The van der Waals surface area contributed by atoms with Crippen LogP contribution in [0.25, 0.3) is 0 Å². The molecule has 0 amide bonds. The number of nitrogens with one attached hydrogen (secondary N) is 1. The van der Waals surface area contributed by atoms with E-state index in [1.165, 1.54) is 5.56 Å². The lowest BCUT2D eigenvalue weighted by atomic mass is 10.2. The minimum Gasteiger partial charge on any atom is -0.495 e. The van der Waals surface area contributed by atoms with Gasteiger partial charge in [0.15, 0.2) is 0 Å². The first-order valence-corrected chi connectivity index (χ1v) is 5.62. The molecule has 17 heavy (non-hydrogen) atoms. The molecular weight excluding hydrogens is 214 g/mol.